The van der Waals surface area contributed by atoms with E-state index in [-0.39, 0.29) is 0 Å². The number of ether oxygens (including phenoxy) is 2. The Labute approximate surface area is 94.2 Å². The normalized spacial score (nSPS) is 9.88. The molecule has 0 heterocycles. The van der Waals surface area contributed by atoms with E-state index in [9.17, 15) is 18.0 Å². The van der Waals surface area contributed by atoms with Gasteiger partial charge in [0.25, 0.3) is 0 Å². The number of nitrogens with zero attached hydrogens (tertiary/aromatic N) is 1. The number of halogens is 3. The fraction of sp³-hybridized carbons (Fsp3) is 0.200. The van der Waals surface area contributed by atoms with Crippen molar-refractivity contribution in [3.63, 3.8) is 0 Å². The first-order valence-electron chi connectivity index (χ1n) is 4.26. The van der Waals surface area contributed by atoms with E-state index in [4.69, 9.17) is 5.26 Å². The Morgan fingerprint density at radius 2 is 2.12 bits per heavy atom. The van der Waals surface area contributed by atoms with Gasteiger partial charge in [0.15, 0.2) is 0 Å². The maximum atomic E-state index is 13.4. The smallest absolute Gasteiger partial charge is 0.387 e. The van der Waals surface area contributed by atoms with E-state index in [1.807, 2.05) is 0 Å². The molecule has 0 aromatic heterocycles. The second kappa shape index (κ2) is 5.21. The van der Waals surface area contributed by atoms with Crippen molar-refractivity contribution in [1.82, 2.24) is 0 Å². The molecule has 4 nitrogen and oxygen atoms in total. The summed E-state index contributed by atoms with van der Waals surface area (Å²) >= 11 is 0. The molecule has 0 unspecified atom stereocenters. The van der Waals surface area contributed by atoms with Crippen LogP contribution in [0.2, 0.25) is 0 Å². The summed E-state index contributed by atoms with van der Waals surface area (Å²) in [5.74, 6) is -2.77. The van der Waals surface area contributed by atoms with E-state index in [1.165, 1.54) is 6.07 Å². The van der Waals surface area contributed by atoms with Gasteiger partial charge < -0.3 is 9.47 Å². The van der Waals surface area contributed by atoms with Crippen LogP contribution in [0.1, 0.15) is 15.9 Å². The van der Waals surface area contributed by atoms with Gasteiger partial charge >= 0.3 is 12.6 Å². The van der Waals surface area contributed by atoms with Crippen LogP contribution in [0.25, 0.3) is 0 Å². The number of methoxy groups -OCH3 is 1. The van der Waals surface area contributed by atoms with Crippen LogP contribution >= 0.6 is 0 Å². The molecule has 1 aromatic carbocycles. The zero-order valence-electron chi connectivity index (χ0n) is 8.54. The minimum absolute atomic E-state index is 0.437. The highest BCUT2D eigenvalue weighted by Crippen LogP contribution is 2.23. The van der Waals surface area contributed by atoms with Crippen LogP contribution in [0.5, 0.6) is 5.75 Å². The maximum Gasteiger partial charge on any atom is 0.387 e. The van der Waals surface area contributed by atoms with Crippen LogP contribution in [0, 0.1) is 17.1 Å². The van der Waals surface area contributed by atoms with Crippen molar-refractivity contribution >= 4 is 5.97 Å². The topological polar surface area (TPSA) is 59.3 Å². The Balaban J connectivity index is 3.27. The first kappa shape index (κ1) is 12.8. The summed E-state index contributed by atoms with van der Waals surface area (Å²) in [4.78, 5) is 11.1. The van der Waals surface area contributed by atoms with E-state index in [1.54, 1.807) is 0 Å². The predicted molar refractivity (Wildman–Crippen MR) is 49.1 cm³/mol. The Kier molecular flexibility index (Phi) is 3.93. The van der Waals surface area contributed by atoms with E-state index in [2.05, 4.69) is 9.47 Å². The number of hydrogen-bond acceptors (Lipinski definition) is 4. The van der Waals surface area contributed by atoms with E-state index in [0.29, 0.717) is 6.07 Å². The molecule has 0 saturated carbocycles. The first-order valence-corrected chi connectivity index (χ1v) is 4.26. The molecule has 0 spiro atoms. The minimum atomic E-state index is -3.15. The van der Waals surface area contributed by atoms with Crippen molar-refractivity contribution in [3.05, 3.63) is 29.1 Å². The van der Waals surface area contributed by atoms with E-state index in [0.717, 1.165) is 13.2 Å². The summed E-state index contributed by atoms with van der Waals surface area (Å²) in [6.45, 7) is -3.15. The third kappa shape index (κ3) is 2.87. The molecule has 0 aliphatic carbocycles. The first-order chi connectivity index (χ1) is 7.99. The molecule has 0 bridgehead atoms. The largest absolute Gasteiger partial charge is 0.465 e. The van der Waals surface area contributed by atoms with Gasteiger partial charge in [-0.25, -0.2) is 9.18 Å². The van der Waals surface area contributed by atoms with Gasteiger partial charge in [0, 0.05) is 6.07 Å². The molecule has 0 amide bonds. The zero-order valence-corrected chi connectivity index (χ0v) is 8.54. The molecule has 7 heteroatoms. The van der Waals surface area contributed by atoms with Gasteiger partial charge in [-0.1, -0.05) is 0 Å². The number of rotatable bonds is 3. The molecule has 0 atom stereocenters. The molecule has 0 N–H and O–H groups in total. The lowest BCUT2D eigenvalue weighted by Crippen LogP contribution is -2.09. The van der Waals surface area contributed by atoms with Crippen LogP contribution in [-0.2, 0) is 4.74 Å². The third-order valence-electron chi connectivity index (χ3n) is 1.80. The van der Waals surface area contributed by atoms with Gasteiger partial charge in [-0.05, 0) is 6.07 Å². The Hall–Kier alpha value is -2.23. The second-order valence-electron chi connectivity index (χ2n) is 2.81. The molecule has 0 aliphatic heterocycles. The maximum absolute atomic E-state index is 13.4. The summed E-state index contributed by atoms with van der Waals surface area (Å²) in [6.07, 6.45) is 0. The highest BCUT2D eigenvalue weighted by Gasteiger charge is 2.20. The molecule has 90 valence electrons. The van der Waals surface area contributed by atoms with Crippen molar-refractivity contribution in [2.75, 3.05) is 7.11 Å². The predicted octanol–water partition coefficient (Wildman–Crippen LogP) is 2.09. The van der Waals surface area contributed by atoms with Gasteiger partial charge in [-0.15, -0.1) is 0 Å². The summed E-state index contributed by atoms with van der Waals surface area (Å²) < 4.78 is 45.4. The van der Waals surface area contributed by atoms with Crippen molar-refractivity contribution in [3.8, 4) is 11.8 Å². The second-order valence-corrected chi connectivity index (χ2v) is 2.81. The van der Waals surface area contributed by atoms with Crippen molar-refractivity contribution < 1.29 is 27.4 Å². The van der Waals surface area contributed by atoms with Crippen molar-refractivity contribution in [1.29, 1.82) is 5.26 Å². The molecule has 0 aliphatic rings. The number of carbonyl (C=O) groups excluding carboxylic acids is 1. The quantitative estimate of drug-likeness (QED) is 0.765. The fourth-order valence-corrected chi connectivity index (χ4v) is 1.15. The Morgan fingerprint density at radius 3 is 2.59 bits per heavy atom. The molecule has 0 radical (unpaired) electrons. The number of nitriles is 1. The van der Waals surface area contributed by atoms with E-state index < -0.39 is 35.3 Å². The lowest BCUT2D eigenvalue weighted by atomic mass is 10.1. The number of hydrogen-bond donors (Lipinski definition) is 0. The summed E-state index contributed by atoms with van der Waals surface area (Å²) in [7, 11) is 1.01. The van der Waals surface area contributed by atoms with Crippen LogP contribution in [0.15, 0.2) is 12.1 Å². The average molecular weight is 245 g/mol. The molecular formula is C10H6F3NO3. The van der Waals surface area contributed by atoms with Gasteiger partial charge in [0.2, 0.25) is 0 Å². The van der Waals surface area contributed by atoms with Gasteiger partial charge in [-0.3, -0.25) is 0 Å². The van der Waals surface area contributed by atoms with E-state index >= 15 is 0 Å². The minimum Gasteiger partial charge on any atom is -0.465 e. The monoisotopic (exact) mass is 245 g/mol. The molecule has 17 heavy (non-hydrogen) atoms. The number of esters is 1. The number of alkyl halides is 2. The summed E-state index contributed by atoms with van der Waals surface area (Å²) in [5, 5.41) is 8.68. The number of carbonyl (C=O) groups is 1. The average Bonchev–Trinajstić information content (AvgIpc) is 2.26. The standard InChI is InChI=1S/C10H6F3NO3/c1-16-9(15)8-5(4-14)2-6(3-7(8)11)17-10(12)13/h2-3,10H,1H3. The zero-order chi connectivity index (χ0) is 13.0. The van der Waals surface area contributed by atoms with Crippen LogP contribution in [0.3, 0.4) is 0 Å². The van der Waals surface area contributed by atoms with Crippen molar-refractivity contribution in [2.24, 2.45) is 0 Å². The van der Waals surface area contributed by atoms with Crippen molar-refractivity contribution in [2.45, 2.75) is 6.61 Å². The Bertz CT molecular complexity index is 482. The van der Waals surface area contributed by atoms with Crippen LogP contribution in [0.4, 0.5) is 13.2 Å². The summed E-state index contributed by atoms with van der Waals surface area (Å²) in [5.41, 5.74) is -1.05. The molecule has 1 aromatic rings. The lowest BCUT2D eigenvalue weighted by Gasteiger charge is -2.08. The molecule has 0 saturated heterocycles. The summed E-state index contributed by atoms with van der Waals surface area (Å²) in [6, 6.07) is 2.92. The van der Waals surface area contributed by atoms with Gasteiger partial charge in [-0.2, -0.15) is 14.0 Å². The lowest BCUT2D eigenvalue weighted by molar-refractivity contribution is -0.0500. The molecular weight excluding hydrogens is 239 g/mol. The molecule has 1 rings (SSSR count). The highest BCUT2D eigenvalue weighted by atomic mass is 19.3. The van der Waals surface area contributed by atoms with Gasteiger partial charge in [0.05, 0.1) is 12.7 Å². The fourth-order valence-electron chi connectivity index (χ4n) is 1.15. The third-order valence-corrected chi connectivity index (χ3v) is 1.80. The van der Waals surface area contributed by atoms with Gasteiger partial charge in [0.1, 0.15) is 23.2 Å². The Morgan fingerprint density at radius 1 is 1.47 bits per heavy atom. The molecule has 0 fully saturated rings. The SMILES string of the molecule is COC(=O)c1c(F)cc(OC(F)F)cc1C#N. The van der Waals surface area contributed by atoms with Crippen LogP contribution in [-0.4, -0.2) is 19.7 Å². The highest BCUT2D eigenvalue weighted by molar-refractivity contribution is 5.92. The van der Waals surface area contributed by atoms with Crippen LogP contribution < -0.4 is 4.74 Å². The number of benzene rings is 1.